The van der Waals surface area contributed by atoms with Gasteiger partial charge in [0, 0.05) is 58.0 Å². The lowest BCUT2D eigenvalue weighted by atomic mass is 9.82. The molecule has 2 saturated heterocycles. The van der Waals surface area contributed by atoms with Gasteiger partial charge in [0.2, 0.25) is 5.91 Å². The van der Waals surface area contributed by atoms with Crippen molar-refractivity contribution in [2.75, 3.05) is 70.5 Å². The van der Waals surface area contributed by atoms with E-state index in [1.54, 1.807) is 22.8 Å². The highest BCUT2D eigenvalue weighted by Crippen LogP contribution is 2.40. The average Bonchev–Trinajstić information content (AvgIpc) is 2.96. The fourth-order valence-electron chi connectivity index (χ4n) is 5.91. The van der Waals surface area contributed by atoms with E-state index < -0.39 is 23.8 Å². The van der Waals surface area contributed by atoms with Crippen LogP contribution in [0.3, 0.4) is 0 Å². The second kappa shape index (κ2) is 12.0. The fraction of sp³-hybridized carbons (Fsp3) is 0.517. The lowest BCUT2D eigenvalue weighted by Crippen LogP contribution is -2.62. The summed E-state index contributed by atoms with van der Waals surface area (Å²) in [4.78, 5) is 33.7. The van der Waals surface area contributed by atoms with Gasteiger partial charge in [0.15, 0.2) is 0 Å². The Balaban J connectivity index is 1.32. The molecule has 2 fully saturated rings. The second-order valence-electron chi connectivity index (χ2n) is 10.4. The molecule has 8 nitrogen and oxygen atoms in total. The van der Waals surface area contributed by atoms with Gasteiger partial charge < -0.3 is 24.2 Å². The van der Waals surface area contributed by atoms with Crippen LogP contribution in [0.25, 0.3) is 0 Å². The number of carbonyl (C=O) groups excluding carboxylic acids is 2. The summed E-state index contributed by atoms with van der Waals surface area (Å²) >= 11 is 0. The summed E-state index contributed by atoms with van der Waals surface area (Å²) in [7, 11) is 0. The first-order valence-corrected chi connectivity index (χ1v) is 13.8. The predicted octanol–water partition coefficient (Wildman–Crippen LogP) is 3.75. The third kappa shape index (κ3) is 6.14. The molecule has 0 saturated carbocycles. The van der Waals surface area contributed by atoms with Gasteiger partial charge in [-0.1, -0.05) is 18.2 Å². The van der Waals surface area contributed by atoms with E-state index in [9.17, 15) is 22.8 Å². The number of hydrogen-bond donors (Lipinski definition) is 0. The molecule has 2 aromatic rings. The lowest BCUT2D eigenvalue weighted by molar-refractivity contribution is -0.138. The summed E-state index contributed by atoms with van der Waals surface area (Å²) in [5, 5.41) is 0. The molecule has 2 atom stereocenters. The minimum absolute atomic E-state index is 0.0797. The Kier molecular flexibility index (Phi) is 8.39. The first-order valence-electron chi connectivity index (χ1n) is 13.8. The molecule has 2 aromatic carbocycles. The van der Waals surface area contributed by atoms with Crippen molar-refractivity contribution in [3.63, 3.8) is 0 Å². The maximum absolute atomic E-state index is 13.9. The zero-order valence-electron chi connectivity index (χ0n) is 22.6. The van der Waals surface area contributed by atoms with Crippen molar-refractivity contribution in [1.82, 2.24) is 14.7 Å². The summed E-state index contributed by atoms with van der Waals surface area (Å²) < 4.78 is 51.6. The Bertz CT molecular complexity index is 1190. The Morgan fingerprint density at radius 1 is 0.950 bits per heavy atom. The van der Waals surface area contributed by atoms with Gasteiger partial charge in [0.05, 0.1) is 24.1 Å². The van der Waals surface area contributed by atoms with Gasteiger partial charge in [-0.05, 0) is 49.2 Å². The van der Waals surface area contributed by atoms with Crippen LogP contribution >= 0.6 is 0 Å². The third-order valence-corrected chi connectivity index (χ3v) is 7.98. The van der Waals surface area contributed by atoms with Crippen molar-refractivity contribution in [2.24, 2.45) is 5.92 Å². The number of amides is 2. The number of alkyl halides is 3. The highest BCUT2D eigenvalue weighted by Gasteiger charge is 2.44. The molecular weight excluding hydrogens is 525 g/mol. The van der Waals surface area contributed by atoms with Gasteiger partial charge in [-0.25, -0.2) is 4.79 Å². The van der Waals surface area contributed by atoms with E-state index in [4.69, 9.17) is 9.47 Å². The SMILES string of the molecule is CCOC(=O)N1CCN(C(=O)C2Cc3cc(C(F)(F)F)ccc3N3CCN(CCOc4ccccc4)CC23)CC1. The van der Waals surface area contributed by atoms with E-state index in [1.165, 1.54) is 6.07 Å². The first kappa shape index (κ1) is 28.1. The molecule has 0 bridgehead atoms. The highest BCUT2D eigenvalue weighted by molar-refractivity contribution is 5.82. The average molecular weight is 561 g/mol. The van der Waals surface area contributed by atoms with Crippen LogP contribution in [0.4, 0.5) is 23.7 Å². The van der Waals surface area contributed by atoms with E-state index in [2.05, 4.69) is 9.80 Å². The third-order valence-electron chi connectivity index (χ3n) is 7.98. The quantitative estimate of drug-likeness (QED) is 0.537. The van der Waals surface area contributed by atoms with Gasteiger partial charge in [-0.2, -0.15) is 13.2 Å². The van der Waals surface area contributed by atoms with Crippen molar-refractivity contribution in [2.45, 2.75) is 25.6 Å². The van der Waals surface area contributed by atoms with Crippen molar-refractivity contribution < 1.29 is 32.2 Å². The number of anilines is 1. The summed E-state index contributed by atoms with van der Waals surface area (Å²) in [6.45, 7) is 6.60. The number of halogens is 3. The van der Waals surface area contributed by atoms with Crippen LogP contribution < -0.4 is 9.64 Å². The van der Waals surface area contributed by atoms with Gasteiger partial charge in [-0.15, -0.1) is 0 Å². The largest absolute Gasteiger partial charge is 0.492 e. The first-order chi connectivity index (χ1) is 19.2. The minimum Gasteiger partial charge on any atom is -0.492 e. The maximum Gasteiger partial charge on any atom is 0.416 e. The number of rotatable bonds is 6. The normalized spacial score (nSPS) is 21.4. The molecule has 0 aromatic heterocycles. The van der Waals surface area contributed by atoms with E-state index in [-0.39, 0.29) is 25.0 Å². The monoisotopic (exact) mass is 560 g/mol. The number of benzene rings is 2. The molecular formula is C29H35F3N4O4. The van der Waals surface area contributed by atoms with Crippen LogP contribution in [0.2, 0.25) is 0 Å². The smallest absolute Gasteiger partial charge is 0.416 e. The Morgan fingerprint density at radius 2 is 1.68 bits per heavy atom. The van der Waals surface area contributed by atoms with E-state index in [0.29, 0.717) is 64.5 Å². The molecule has 0 spiro atoms. The van der Waals surface area contributed by atoms with Gasteiger partial charge in [-0.3, -0.25) is 9.69 Å². The van der Waals surface area contributed by atoms with Crippen molar-refractivity contribution in [3.05, 3.63) is 59.7 Å². The molecule has 0 N–H and O–H groups in total. The molecule has 2 amide bonds. The predicted molar refractivity (Wildman–Crippen MR) is 143 cm³/mol. The van der Waals surface area contributed by atoms with Crippen molar-refractivity contribution >= 4 is 17.7 Å². The Hall–Kier alpha value is -3.47. The van der Waals surface area contributed by atoms with Crippen LogP contribution in [0, 0.1) is 5.92 Å². The van der Waals surface area contributed by atoms with Crippen LogP contribution in [0.1, 0.15) is 18.1 Å². The van der Waals surface area contributed by atoms with Crippen LogP contribution in [0.5, 0.6) is 5.75 Å². The topological polar surface area (TPSA) is 65.6 Å². The van der Waals surface area contributed by atoms with Crippen LogP contribution in [-0.4, -0.2) is 98.3 Å². The molecule has 40 heavy (non-hydrogen) atoms. The Morgan fingerprint density at radius 3 is 2.38 bits per heavy atom. The number of piperazine rings is 2. The zero-order chi connectivity index (χ0) is 28.3. The molecule has 3 heterocycles. The zero-order valence-corrected chi connectivity index (χ0v) is 22.6. The second-order valence-corrected chi connectivity index (χ2v) is 10.4. The number of para-hydroxylation sites is 1. The van der Waals surface area contributed by atoms with E-state index in [1.807, 2.05) is 30.3 Å². The number of carbonyl (C=O) groups is 2. The summed E-state index contributed by atoms with van der Waals surface area (Å²) in [6.07, 6.45) is -4.61. The number of fused-ring (bicyclic) bond motifs is 3. The molecule has 2 unspecified atom stereocenters. The lowest BCUT2D eigenvalue weighted by Gasteiger charge is -2.50. The molecule has 3 aliphatic rings. The molecule has 216 valence electrons. The van der Waals surface area contributed by atoms with Gasteiger partial charge in [0.25, 0.3) is 0 Å². The molecule has 0 radical (unpaired) electrons. The number of nitrogens with zero attached hydrogens (tertiary/aromatic N) is 4. The number of hydrogen-bond acceptors (Lipinski definition) is 6. The molecule has 0 aliphatic carbocycles. The standard InChI is InChI=1S/C29H35F3N4O4/c1-2-39-28(38)35-13-11-34(12-14-35)27(37)24-19-21-18-22(29(30,31)32)8-9-25(21)36-15-10-33(20-26(24)36)16-17-40-23-6-4-3-5-7-23/h3-9,18,24,26H,2,10-17,19-20H2,1H3. The Labute approximate surface area is 232 Å². The van der Waals surface area contributed by atoms with Crippen LogP contribution in [-0.2, 0) is 22.1 Å². The maximum atomic E-state index is 13.9. The minimum atomic E-state index is -4.45. The summed E-state index contributed by atoms with van der Waals surface area (Å²) in [5.41, 5.74) is 0.625. The number of ether oxygens (including phenoxy) is 2. The molecule has 5 rings (SSSR count). The highest BCUT2D eigenvalue weighted by atomic mass is 19.4. The summed E-state index contributed by atoms with van der Waals surface area (Å²) in [5.74, 6) is 0.218. The van der Waals surface area contributed by atoms with Crippen molar-refractivity contribution in [1.29, 1.82) is 0 Å². The van der Waals surface area contributed by atoms with Crippen LogP contribution in [0.15, 0.2) is 48.5 Å². The van der Waals surface area contributed by atoms with E-state index >= 15 is 0 Å². The van der Waals surface area contributed by atoms with Crippen molar-refractivity contribution in [3.8, 4) is 5.75 Å². The van der Waals surface area contributed by atoms with Gasteiger partial charge >= 0.3 is 12.3 Å². The fourth-order valence-corrected chi connectivity index (χ4v) is 5.91. The molecule has 11 heteroatoms. The molecule has 3 aliphatic heterocycles. The van der Waals surface area contributed by atoms with E-state index in [0.717, 1.165) is 17.5 Å². The summed E-state index contributed by atoms with van der Waals surface area (Å²) in [6, 6.07) is 13.3. The van der Waals surface area contributed by atoms with Gasteiger partial charge in [0.1, 0.15) is 12.4 Å².